The van der Waals surface area contributed by atoms with Crippen molar-refractivity contribution in [2.75, 3.05) is 33.2 Å². The fourth-order valence-corrected chi connectivity index (χ4v) is 3.07. The molecule has 1 aliphatic rings. The molecule has 0 heterocycles. The Balaban J connectivity index is 0.00000529. The van der Waals surface area contributed by atoms with Crippen molar-refractivity contribution in [3.8, 4) is 0 Å². The molecule has 1 saturated carbocycles. The molecule has 0 unspecified atom stereocenters. The lowest BCUT2D eigenvalue weighted by Crippen LogP contribution is -2.42. The minimum atomic E-state index is 0. The zero-order valence-electron chi connectivity index (χ0n) is 15.9. The first-order valence-electron chi connectivity index (χ1n) is 9.32. The maximum atomic E-state index is 11.6. The zero-order chi connectivity index (χ0) is 17.1. The molecule has 1 rings (SSSR count). The number of hydrogen-bond acceptors (Lipinski definition) is 2. The van der Waals surface area contributed by atoms with Crippen LogP contribution in [0.4, 0.5) is 0 Å². The highest BCUT2D eigenvalue weighted by molar-refractivity contribution is 14.0. The topological polar surface area (TPSA) is 56.7 Å². The number of amides is 1. The Labute approximate surface area is 165 Å². The molecule has 6 heteroatoms. The second kappa shape index (κ2) is 13.7. The quantitative estimate of drug-likeness (QED) is 0.338. The molecule has 0 aliphatic heterocycles. The van der Waals surface area contributed by atoms with Gasteiger partial charge in [-0.15, -0.1) is 24.0 Å². The Bertz CT molecular complexity index is 368. The van der Waals surface area contributed by atoms with Crippen molar-refractivity contribution in [1.82, 2.24) is 15.5 Å². The number of carbonyl (C=O) groups excluding carboxylic acids is 1. The van der Waals surface area contributed by atoms with Gasteiger partial charge in [-0.05, 0) is 38.0 Å². The highest BCUT2D eigenvalue weighted by Gasteiger charge is 2.20. The number of carbonyl (C=O) groups is 1. The summed E-state index contributed by atoms with van der Waals surface area (Å²) >= 11 is 0. The van der Waals surface area contributed by atoms with Gasteiger partial charge in [-0.2, -0.15) is 0 Å². The first kappa shape index (κ1) is 23.5. The summed E-state index contributed by atoms with van der Waals surface area (Å²) in [6, 6.07) is 0. The van der Waals surface area contributed by atoms with Crippen molar-refractivity contribution in [3.63, 3.8) is 0 Å². The fraction of sp³-hybridized carbons (Fsp3) is 0.889. The van der Waals surface area contributed by atoms with Gasteiger partial charge in [-0.1, -0.05) is 26.7 Å². The van der Waals surface area contributed by atoms with E-state index in [1.54, 1.807) is 0 Å². The predicted molar refractivity (Wildman–Crippen MR) is 113 cm³/mol. The van der Waals surface area contributed by atoms with E-state index in [0.29, 0.717) is 13.0 Å². The number of guanidine groups is 1. The minimum absolute atomic E-state index is 0. The van der Waals surface area contributed by atoms with Gasteiger partial charge >= 0.3 is 0 Å². The Morgan fingerprint density at radius 1 is 1.17 bits per heavy atom. The summed E-state index contributed by atoms with van der Waals surface area (Å²) < 4.78 is 0. The number of halogens is 1. The lowest BCUT2D eigenvalue weighted by molar-refractivity contribution is -0.120. The zero-order valence-corrected chi connectivity index (χ0v) is 18.3. The highest BCUT2D eigenvalue weighted by Crippen LogP contribution is 2.28. The lowest BCUT2D eigenvalue weighted by Gasteiger charge is -2.31. The van der Waals surface area contributed by atoms with E-state index in [2.05, 4.69) is 48.3 Å². The number of nitrogens with zero attached hydrogens (tertiary/aromatic N) is 2. The van der Waals surface area contributed by atoms with Crippen molar-refractivity contribution in [2.24, 2.45) is 16.8 Å². The highest BCUT2D eigenvalue weighted by atomic mass is 127. The predicted octanol–water partition coefficient (Wildman–Crippen LogP) is 3.24. The average Bonchev–Trinajstić information content (AvgIpc) is 2.54. The first-order chi connectivity index (χ1) is 11.1. The summed E-state index contributed by atoms with van der Waals surface area (Å²) in [5.74, 6) is 2.68. The van der Waals surface area contributed by atoms with Gasteiger partial charge in [0, 0.05) is 33.1 Å². The number of hydrogen-bond donors (Lipinski definition) is 2. The number of aliphatic imine (C=N–C) groups is 1. The molecule has 0 radical (unpaired) electrons. The van der Waals surface area contributed by atoms with Gasteiger partial charge in [0.15, 0.2) is 5.96 Å². The minimum Gasteiger partial charge on any atom is -0.357 e. The van der Waals surface area contributed by atoms with Gasteiger partial charge in [0.25, 0.3) is 0 Å². The maximum absolute atomic E-state index is 11.6. The van der Waals surface area contributed by atoms with Crippen LogP contribution in [0.15, 0.2) is 4.99 Å². The van der Waals surface area contributed by atoms with Gasteiger partial charge in [0.2, 0.25) is 5.91 Å². The van der Waals surface area contributed by atoms with Crippen LogP contribution in [0.3, 0.4) is 0 Å². The van der Waals surface area contributed by atoms with Crippen molar-refractivity contribution < 1.29 is 4.79 Å². The molecule has 0 bridgehead atoms. The SMILES string of the molecule is CCCNC(=O)CCN=C(NCC)N(C)CC1CCC(C)CC1.I. The summed E-state index contributed by atoms with van der Waals surface area (Å²) in [7, 11) is 2.11. The number of nitrogens with one attached hydrogen (secondary N) is 2. The van der Waals surface area contributed by atoms with E-state index in [4.69, 9.17) is 0 Å². The van der Waals surface area contributed by atoms with Crippen LogP contribution in [0, 0.1) is 11.8 Å². The van der Waals surface area contributed by atoms with Crippen LogP contribution in [-0.4, -0.2) is 50.0 Å². The van der Waals surface area contributed by atoms with Crippen LogP contribution in [0.5, 0.6) is 0 Å². The largest absolute Gasteiger partial charge is 0.357 e. The van der Waals surface area contributed by atoms with Crippen molar-refractivity contribution >= 4 is 35.8 Å². The Hall–Kier alpha value is -0.530. The molecular formula is C18H37IN4O. The summed E-state index contributed by atoms with van der Waals surface area (Å²) in [5.41, 5.74) is 0. The molecule has 142 valence electrons. The van der Waals surface area contributed by atoms with Crippen LogP contribution >= 0.6 is 24.0 Å². The van der Waals surface area contributed by atoms with Crippen molar-refractivity contribution in [3.05, 3.63) is 0 Å². The molecular weight excluding hydrogens is 415 g/mol. The molecule has 24 heavy (non-hydrogen) atoms. The van der Waals surface area contributed by atoms with Gasteiger partial charge in [0.05, 0.1) is 6.54 Å². The molecule has 1 aliphatic carbocycles. The third kappa shape index (κ3) is 9.69. The molecule has 1 fully saturated rings. The third-order valence-corrected chi connectivity index (χ3v) is 4.54. The Morgan fingerprint density at radius 2 is 1.83 bits per heavy atom. The standard InChI is InChI=1S/C18H36N4O.HI/c1-5-12-20-17(23)11-13-21-18(19-6-2)22(4)14-16-9-7-15(3)8-10-16;/h15-16H,5-14H2,1-4H3,(H,19,21)(H,20,23);1H. The van der Waals surface area contributed by atoms with Crippen LogP contribution < -0.4 is 10.6 Å². The normalized spacial score (nSPS) is 20.9. The van der Waals surface area contributed by atoms with E-state index in [-0.39, 0.29) is 29.9 Å². The molecule has 2 N–H and O–H groups in total. The van der Waals surface area contributed by atoms with E-state index in [0.717, 1.165) is 43.9 Å². The van der Waals surface area contributed by atoms with E-state index in [1.165, 1.54) is 25.7 Å². The van der Waals surface area contributed by atoms with Gasteiger partial charge in [-0.25, -0.2) is 0 Å². The first-order valence-corrected chi connectivity index (χ1v) is 9.32. The van der Waals surface area contributed by atoms with Crippen LogP contribution in [0.25, 0.3) is 0 Å². The van der Waals surface area contributed by atoms with E-state index >= 15 is 0 Å². The molecule has 0 aromatic rings. The molecule has 0 atom stereocenters. The number of rotatable bonds is 8. The maximum Gasteiger partial charge on any atom is 0.221 e. The summed E-state index contributed by atoms with van der Waals surface area (Å²) in [4.78, 5) is 18.5. The van der Waals surface area contributed by atoms with E-state index < -0.39 is 0 Å². The second-order valence-electron chi connectivity index (χ2n) is 6.84. The lowest BCUT2D eigenvalue weighted by atomic mass is 9.83. The van der Waals surface area contributed by atoms with Crippen LogP contribution in [0.2, 0.25) is 0 Å². The van der Waals surface area contributed by atoms with Crippen LogP contribution in [0.1, 0.15) is 59.3 Å². The molecule has 0 aromatic carbocycles. The third-order valence-electron chi connectivity index (χ3n) is 4.54. The Kier molecular flexibility index (Phi) is 13.4. The summed E-state index contributed by atoms with van der Waals surface area (Å²) in [6.45, 7) is 9.71. The molecule has 0 spiro atoms. The average molecular weight is 452 g/mol. The summed E-state index contributed by atoms with van der Waals surface area (Å²) in [6.07, 6.45) is 6.78. The second-order valence-corrected chi connectivity index (χ2v) is 6.84. The van der Waals surface area contributed by atoms with E-state index in [1.807, 2.05) is 0 Å². The van der Waals surface area contributed by atoms with E-state index in [9.17, 15) is 4.79 Å². The summed E-state index contributed by atoms with van der Waals surface area (Å²) in [5, 5.41) is 6.24. The smallest absolute Gasteiger partial charge is 0.221 e. The monoisotopic (exact) mass is 452 g/mol. The molecule has 5 nitrogen and oxygen atoms in total. The van der Waals surface area contributed by atoms with Crippen molar-refractivity contribution in [1.29, 1.82) is 0 Å². The molecule has 0 aromatic heterocycles. The molecule has 1 amide bonds. The van der Waals surface area contributed by atoms with Crippen molar-refractivity contribution in [2.45, 2.75) is 59.3 Å². The van der Waals surface area contributed by atoms with Gasteiger partial charge in [-0.3, -0.25) is 9.79 Å². The fourth-order valence-electron chi connectivity index (χ4n) is 3.07. The molecule has 0 saturated heterocycles. The van der Waals surface area contributed by atoms with Gasteiger partial charge in [0.1, 0.15) is 0 Å². The van der Waals surface area contributed by atoms with Crippen LogP contribution in [-0.2, 0) is 4.79 Å². The van der Waals surface area contributed by atoms with Gasteiger partial charge < -0.3 is 15.5 Å². The Morgan fingerprint density at radius 3 is 2.42 bits per heavy atom.